The number of carbonyl (C=O) groups is 1. The molecule has 0 N–H and O–H groups in total. The fraction of sp³-hybridized carbons (Fsp3) is 0.800. The molecule has 0 spiro atoms. The van der Waals surface area contributed by atoms with Crippen molar-refractivity contribution >= 4 is 12.2 Å². The van der Waals surface area contributed by atoms with Crippen molar-refractivity contribution < 1.29 is 19.0 Å². The molecule has 1 aliphatic heterocycles. The maximum atomic E-state index is 10.8. The summed E-state index contributed by atoms with van der Waals surface area (Å²) in [7, 11) is 1.36. The topological polar surface area (TPSA) is 57.1 Å². The summed E-state index contributed by atoms with van der Waals surface area (Å²) in [6.45, 7) is 4.65. The van der Waals surface area contributed by atoms with E-state index in [-0.39, 0.29) is 12.1 Å². The summed E-state index contributed by atoms with van der Waals surface area (Å²) in [6.07, 6.45) is 1.86. The molecule has 0 aromatic carbocycles. The van der Waals surface area contributed by atoms with Crippen LogP contribution in [0.2, 0.25) is 0 Å². The number of rotatable bonds is 4. The minimum atomic E-state index is -0.529. The van der Waals surface area contributed by atoms with Crippen LogP contribution in [0.4, 0.5) is 0 Å². The highest BCUT2D eigenvalue weighted by atomic mass is 16.7. The zero-order valence-corrected chi connectivity index (χ0v) is 9.36. The molecule has 0 aromatic heterocycles. The number of methoxy groups -OCH3 is 1. The molecule has 0 bridgehead atoms. The molecule has 1 atom stereocenters. The maximum absolute atomic E-state index is 10.8. The van der Waals surface area contributed by atoms with Gasteiger partial charge < -0.3 is 14.2 Å². The molecule has 1 heterocycles. The summed E-state index contributed by atoms with van der Waals surface area (Å²) in [4.78, 5) is 14.8. The third-order valence-electron chi connectivity index (χ3n) is 1.97. The fourth-order valence-corrected chi connectivity index (χ4v) is 1.24. The van der Waals surface area contributed by atoms with Crippen molar-refractivity contribution in [1.29, 1.82) is 0 Å². The first-order valence-electron chi connectivity index (χ1n) is 4.92. The van der Waals surface area contributed by atoms with E-state index in [2.05, 4.69) is 9.73 Å². The summed E-state index contributed by atoms with van der Waals surface area (Å²) in [5.41, 5.74) is 0. The molecule has 0 radical (unpaired) electrons. The van der Waals surface area contributed by atoms with E-state index in [1.807, 2.05) is 13.8 Å². The van der Waals surface area contributed by atoms with Gasteiger partial charge in [-0.05, 0) is 13.8 Å². The number of hydrogen-bond donors (Lipinski definition) is 0. The number of nitrogens with zero attached hydrogens (tertiary/aromatic N) is 1. The third-order valence-corrected chi connectivity index (χ3v) is 1.97. The number of carbonyl (C=O) groups excluding carboxylic acids is 1. The summed E-state index contributed by atoms with van der Waals surface area (Å²) in [5.74, 6) is -0.782. The second-order valence-electron chi connectivity index (χ2n) is 3.75. The lowest BCUT2D eigenvalue weighted by Gasteiger charge is -2.15. The molecule has 0 amide bonds. The Kier molecular flexibility index (Phi) is 4.23. The van der Waals surface area contributed by atoms with Crippen LogP contribution in [-0.4, -0.2) is 44.3 Å². The maximum Gasteiger partial charge on any atom is 0.307 e. The quantitative estimate of drug-likeness (QED) is 0.513. The molecule has 1 aliphatic rings. The SMILES string of the molecule is COC(=O)CCN=C[C@H]1COC(C)(C)O1. The van der Waals surface area contributed by atoms with Crippen LogP contribution in [0.25, 0.3) is 0 Å². The molecule has 0 saturated carbocycles. The van der Waals surface area contributed by atoms with Crippen molar-refractivity contribution in [3.63, 3.8) is 0 Å². The molecule has 1 saturated heterocycles. The Labute approximate surface area is 89.4 Å². The zero-order chi connectivity index (χ0) is 11.3. The molecular weight excluding hydrogens is 198 g/mol. The molecule has 1 fully saturated rings. The van der Waals surface area contributed by atoms with E-state index in [0.29, 0.717) is 19.6 Å². The largest absolute Gasteiger partial charge is 0.469 e. The van der Waals surface area contributed by atoms with Crippen LogP contribution in [0.1, 0.15) is 20.3 Å². The lowest BCUT2D eigenvalue weighted by atomic mass is 10.4. The lowest BCUT2D eigenvalue weighted by Crippen LogP contribution is -2.22. The standard InChI is InChI=1S/C10H17NO4/c1-10(2)14-7-8(15-10)6-11-5-4-9(12)13-3/h6,8H,4-5,7H2,1-3H3/t8-/m0/s1. The number of esters is 1. The van der Waals surface area contributed by atoms with Crippen LogP contribution < -0.4 is 0 Å². The van der Waals surface area contributed by atoms with E-state index in [0.717, 1.165) is 0 Å². The van der Waals surface area contributed by atoms with Gasteiger partial charge >= 0.3 is 5.97 Å². The van der Waals surface area contributed by atoms with Gasteiger partial charge in [-0.3, -0.25) is 9.79 Å². The van der Waals surface area contributed by atoms with Gasteiger partial charge in [-0.15, -0.1) is 0 Å². The Balaban J connectivity index is 2.19. The van der Waals surface area contributed by atoms with Gasteiger partial charge in [0.05, 0.1) is 20.1 Å². The van der Waals surface area contributed by atoms with E-state index < -0.39 is 5.79 Å². The molecule has 15 heavy (non-hydrogen) atoms. The molecular formula is C10H17NO4. The smallest absolute Gasteiger partial charge is 0.307 e. The van der Waals surface area contributed by atoms with Crippen molar-refractivity contribution in [2.24, 2.45) is 4.99 Å². The van der Waals surface area contributed by atoms with Crippen LogP contribution in [-0.2, 0) is 19.0 Å². The van der Waals surface area contributed by atoms with Crippen LogP contribution >= 0.6 is 0 Å². The van der Waals surface area contributed by atoms with E-state index in [1.54, 1.807) is 6.21 Å². The molecule has 5 nitrogen and oxygen atoms in total. The lowest BCUT2D eigenvalue weighted by molar-refractivity contribution is -0.140. The highest BCUT2D eigenvalue weighted by molar-refractivity contribution is 5.70. The number of aliphatic imine (C=N–C) groups is 1. The van der Waals surface area contributed by atoms with Crippen LogP contribution in [0.15, 0.2) is 4.99 Å². The van der Waals surface area contributed by atoms with Gasteiger partial charge in [-0.2, -0.15) is 0 Å². The number of ether oxygens (including phenoxy) is 3. The summed E-state index contributed by atoms with van der Waals surface area (Å²) >= 11 is 0. The van der Waals surface area contributed by atoms with Gasteiger partial charge in [-0.1, -0.05) is 0 Å². The molecule has 0 unspecified atom stereocenters. The first-order chi connectivity index (χ1) is 7.03. The minimum Gasteiger partial charge on any atom is -0.469 e. The monoisotopic (exact) mass is 215 g/mol. The van der Waals surface area contributed by atoms with Crippen molar-refractivity contribution in [2.75, 3.05) is 20.3 Å². The van der Waals surface area contributed by atoms with E-state index in [9.17, 15) is 4.79 Å². The molecule has 5 heteroatoms. The Morgan fingerprint density at radius 3 is 2.93 bits per heavy atom. The van der Waals surface area contributed by atoms with Gasteiger partial charge in [0.2, 0.25) is 0 Å². The van der Waals surface area contributed by atoms with Gasteiger partial charge in [0.15, 0.2) is 5.79 Å². The van der Waals surface area contributed by atoms with E-state index in [4.69, 9.17) is 9.47 Å². The van der Waals surface area contributed by atoms with Crippen LogP contribution in [0, 0.1) is 0 Å². The van der Waals surface area contributed by atoms with Gasteiger partial charge in [-0.25, -0.2) is 0 Å². The fourth-order valence-electron chi connectivity index (χ4n) is 1.24. The van der Waals surface area contributed by atoms with Crippen molar-refractivity contribution in [2.45, 2.75) is 32.2 Å². The van der Waals surface area contributed by atoms with Crippen LogP contribution in [0.5, 0.6) is 0 Å². The molecule has 0 aliphatic carbocycles. The second kappa shape index (κ2) is 5.23. The predicted octanol–water partition coefficient (Wildman–Crippen LogP) is 0.772. The van der Waals surface area contributed by atoms with Crippen molar-refractivity contribution in [1.82, 2.24) is 0 Å². The van der Waals surface area contributed by atoms with Gasteiger partial charge in [0.25, 0.3) is 0 Å². The summed E-state index contributed by atoms with van der Waals surface area (Å²) < 4.78 is 15.3. The highest BCUT2D eigenvalue weighted by Gasteiger charge is 2.31. The Bertz CT molecular complexity index is 250. The Hall–Kier alpha value is -0.940. The highest BCUT2D eigenvalue weighted by Crippen LogP contribution is 2.20. The Morgan fingerprint density at radius 1 is 1.67 bits per heavy atom. The van der Waals surface area contributed by atoms with Gasteiger partial charge in [0, 0.05) is 12.8 Å². The minimum absolute atomic E-state index is 0.113. The van der Waals surface area contributed by atoms with E-state index >= 15 is 0 Å². The van der Waals surface area contributed by atoms with Gasteiger partial charge in [0.1, 0.15) is 6.10 Å². The Morgan fingerprint density at radius 2 is 2.40 bits per heavy atom. The summed E-state index contributed by atoms with van der Waals surface area (Å²) in [6, 6.07) is 0. The average Bonchev–Trinajstić information content (AvgIpc) is 2.52. The average molecular weight is 215 g/mol. The van der Waals surface area contributed by atoms with Crippen LogP contribution in [0.3, 0.4) is 0 Å². The number of hydrogen-bond acceptors (Lipinski definition) is 5. The zero-order valence-electron chi connectivity index (χ0n) is 9.36. The molecule has 1 rings (SSSR count). The first-order valence-corrected chi connectivity index (χ1v) is 4.92. The predicted molar refractivity (Wildman–Crippen MR) is 54.9 cm³/mol. The normalized spacial score (nSPS) is 24.6. The van der Waals surface area contributed by atoms with E-state index in [1.165, 1.54) is 7.11 Å². The second-order valence-corrected chi connectivity index (χ2v) is 3.75. The van der Waals surface area contributed by atoms with Crippen molar-refractivity contribution in [3.8, 4) is 0 Å². The first kappa shape index (κ1) is 12.1. The molecule has 86 valence electrons. The molecule has 0 aromatic rings. The van der Waals surface area contributed by atoms with Crippen molar-refractivity contribution in [3.05, 3.63) is 0 Å². The third kappa shape index (κ3) is 4.40. The summed E-state index contributed by atoms with van der Waals surface area (Å²) in [5, 5.41) is 0.